The third-order valence-corrected chi connectivity index (χ3v) is 3.69. The normalized spacial score (nSPS) is 12.2. The highest BCUT2D eigenvalue weighted by Gasteiger charge is 2.08. The molecule has 0 heterocycles. The highest BCUT2D eigenvalue weighted by atomic mass is 79.9. The summed E-state index contributed by atoms with van der Waals surface area (Å²) in [4.78, 5) is 0. The molecule has 106 valence electrons. The maximum atomic E-state index is 7.43. The van der Waals surface area contributed by atoms with Crippen molar-refractivity contribution in [2.75, 3.05) is 0 Å². The summed E-state index contributed by atoms with van der Waals surface area (Å²) < 4.78 is 6.67. The molecule has 0 saturated heterocycles. The van der Waals surface area contributed by atoms with Crippen LogP contribution >= 0.6 is 15.9 Å². The van der Waals surface area contributed by atoms with Gasteiger partial charge in [0.25, 0.3) is 0 Å². The predicted octanol–water partition coefficient (Wildman–Crippen LogP) is 4.47. The van der Waals surface area contributed by atoms with Gasteiger partial charge in [-0.15, -0.1) is 0 Å². The Balaban J connectivity index is 2.48. The second-order valence-electron chi connectivity index (χ2n) is 4.83. The van der Waals surface area contributed by atoms with Crippen molar-refractivity contribution in [1.82, 2.24) is 0 Å². The molecule has 0 bridgehead atoms. The van der Waals surface area contributed by atoms with Gasteiger partial charge in [0.15, 0.2) is 0 Å². The highest BCUT2D eigenvalue weighted by Crippen LogP contribution is 2.24. The molecular weight excluding hydrogens is 304 g/mol. The van der Waals surface area contributed by atoms with E-state index < -0.39 is 0 Å². The molecule has 1 unspecified atom stereocenters. The van der Waals surface area contributed by atoms with Gasteiger partial charge in [-0.25, -0.2) is 0 Å². The lowest BCUT2D eigenvalue weighted by molar-refractivity contribution is 0.206. The number of hydrogen-bond acceptors (Lipinski definition) is 2. The van der Waals surface area contributed by atoms with Crippen LogP contribution in [0.5, 0.6) is 5.75 Å². The molecule has 3 N–H and O–H groups in total. The number of amidine groups is 1. The number of benzene rings is 1. The van der Waals surface area contributed by atoms with E-state index in [1.807, 2.05) is 18.2 Å². The molecule has 0 aliphatic heterocycles. The maximum Gasteiger partial charge on any atom is 0.123 e. The molecule has 0 radical (unpaired) electrons. The van der Waals surface area contributed by atoms with Gasteiger partial charge in [0, 0.05) is 10.0 Å². The topological polar surface area (TPSA) is 59.1 Å². The van der Waals surface area contributed by atoms with Gasteiger partial charge in [0.05, 0.1) is 6.10 Å². The molecular formula is C15H23BrN2O. The molecule has 0 amide bonds. The Bertz CT molecular complexity index is 421. The van der Waals surface area contributed by atoms with Crippen LogP contribution in [0.4, 0.5) is 0 Å². The predicted molar refractivity (Wildman–Crippen MR) is 84.0 cm³/mol. The minimum absolute atomic E-state index is 0.0611. The second-order valence-corrected chi connectivity index (χ2v) is 5.69. The van der Waals surface area contributed by atoms with E-state index in [-0.39, 0.29) is 11.9 Å². The Labute approximate surface area is 124 Å². The first-order chi connectivity index (χ1) is 9.04. The molecule has 0 saturated carbocycles. The molecule has 1 aromatic rings. The summed E-state index contributed by atoms with van der Waals surface area (Å²) in [5.74, 6) is 0.880. The molecule has 4 heteroatoms. The molecule has 1 aromatic carbocycles. The van der Waals surface area contributed by atoms with Crippen molar-refractivity contribution in [1.29, 1.82) is 5.41 Å². The van der Waals surface area contributed by atoms with Crippen LogP contribution < -0.4 is 10.5 Å². The number of nitrogens with one attached hydrogen (secondary N) is 1. The van der Waals surface area contributed by atoms with Gasteiger partial charge < -0.3 is 10.5 Å². The SMILES string of the molecule is CCCCCCC(C)Oc1ccc(C(=N)N)c(Br)c1. The van der Waals surface area contributed by atoms with Gasteiger partial charge in [0.2, 0.25) is 0 Å². The minimum atomic E-state index is 0.0611. The van der Waals surface area contributed by atoms with Crippen LogP contribution in [-0.2, 0) is 0 Å². The van der Waals surface area contributed by atoms with Crippen molar-refractivity contribution < 1.29 is 4.74 Å². The summed E-state index contributed by atoms with van der Waals surface area (Å²) in [6, 6.07) is 5.55. The van der Waals surface area contributed by atoms with Crippen molar-refractivity contribution in [3.63, 3.8) is 0 Å². The van der Waals surface area contributed by atoms with Crippen molar-refractivity contribution >= 4 is 21.8 Å². The van der Waals surface area contributed by atoms with E-state index in [1.165, 1.54) is 25.7 Å². The molecule has 3 nitrogen and oxygen atoms in total. The fourth-order valence-electron chi connectivity index (χ4n) is 1.94. The number of nitrogen functional groups attached to an aromatic ring is 1. The Morgan fingerprint density at radius 2 is 2.11 bits per heavy atom. The summed E-state index contributed by atoms with van der Waals surface area (Å²) >= 11 is 3.41. The van der Waals surface area contributed by atoms with Crippen molar-refractivity contribution in [3.05, 3.63) is 28.2 Å². The van der Waals surface area contributed by atoms with Gasteiger partial charge in [-0.3, -0.25) is 5.41 Å². The molecule has 0 aliphatic carbocycles. The lowest BCUT2D eigenvalue weighted by atomic mass is 10.1. The van der Waals surface area contributed by atoms with Gasteiger partial charge in [-0.05, 0) is 53.9 Å². The first-order valence-corrected chi connectivity index (χ1v) is 7.64. The fraction of sp³-hybridized carbons (Fsp3) is 0.533. The van der Waals surface area contributed by atoms with Crippen LogP contribution in [0.15, 0.2) is 22.7 Å². The highest BCUT2D eigenvalue weighted by molar-refractivity contribution is 9.10. The van der Waals surface area contributed by atoms with Crippen LogP contribution in [0, 0.1) is 5.41 Å². The first kappa shape index (κ1) is 16.0. The van der Waals surface area contributed by atoms with Gasteiger partial charge >= 0.3 is 0 Å². The second kappa shape index (κ2) is 8.20. The molecule has 0 spiro atoms. The number of ether oxygens (including phenoxy) is 1. The van der Waals surface area contributed by atoms with Crippen LogP contribution in [-0.4, -0.2) is 11.9 Å². The van der Waals surface area contributed by atoms with Crippen LogP contribution in [0.1, 0.15) is 51.5 Å². The molecule has 0 aliphatic rings. The van der Waals surface area contributed by atoms with Crippen molar-refractivity contribution in [3.8, 4) is 5.75 Å². The lowest BCUT2D eigenvalue weighted by Crippen LogP contribution is -2.13. The van der Waals surface area contributed by atoms with E-state index >= 15 is 0 Å². The molecule has 19 heavy (non-hydrogen) atoms. The van der Waals surface area contributed by atoms with Crippen LogP contribution in [0.3, 0.4) is 0 Å². The average molecular weight is 327 g/mol. The molecule has 0 aromatic heterocycles. The Morgan fingerprint density at radius 3 is 2.68 bits per heavy atom. The van der Waals surface area contributed by atoms with Gasteiger partial charge in [-0.2, -0.15) is 0 Å². The van der Waals surface area contributed by atoms with Gasteiger partial charge in [-0.1, -0.05) is 26.2 Å². The fourth-order valence-corrected chi connectivity index (χ4v) is 2.51. The average Bonchev–Trinajstić information content (AvgIpc) is 2.34. The standard InChI is InChI=1S/C15H23BrN2O/c1-3-4-5-6-7-11(2)19-12-8-9-13(15(17)18)14(16)10-12/h8-11H,3-7H2,1-2H3,(H3,17,18). The number of unbranched alkanes of at least 4 members (excludes halogenated alkanes) is 3. The molecule has 0 fully saturated rings. The Kier molecular flexibility index (Phi) is 6.92. The maximum absolute atomic E-state index is 7.43. The van der Waals surface area contributed by atoms with Crippen molar-refractivity contribution in [2.24, 2.45) is 5.73 Å². The van der Waals surface area contributed by atoms with Gasteiger partial charge in [0.1, 0.15) is 11.6 Å². The monoisotopic (exact) mass is 326 g/mol. The lowest BCUT2D eigenvalue weighted by Gasteiger charge is -2.15. The quantitative estimate of drug-likeness (QED) is 0.420. The molecule has 1 rings (SSSR count). The minimum Gasteiger partial charge on any atom is -0.491 e. The van der Waals surface area contributed by atoms with E-state index in [1.54, 1.807) is 0 Å². The van der Waals surface area contributed by atoms with E-state index in [9.17, 15) is 0 Å². The van der Waals surface area contributed by atoms with E-state index in [0.29, 0.717) is 5.56 Å². The number of halogens is 1. The largest absolute Gasteiger partial charge is 0.491 e. The summed E-state index contributed by atoms with van der Waals surface area (Å²) in [5.41, 5.74) is 6.17. The molecule has 1 atom stereocenters. The van der Waals surface area contributed by atoms with Crippen molar-refractivity contribution in [2.45, 2.75) is 52.1 Å². The van der Waals surface area contributed by atoms with Crippen LogP contribution in [0.25, 0.3) is 0 Å². The zero-order valence-electron chi connectivity index (χ0n) is 11.7. The third-order valence-electron chi connectivity index (χ3n) is 3.03. The zero-order chi connectivity index (χ0) is 14.3. The van der Waals surface area contributed by atoms with E-state index in [0.717, 1.165) is 16.6 Å². The Morgan fingerprint density at radius 1 is 1.37 bits per heavy atom. The summed E-state index contributed by atoms with van der Waals surface area (Å²) in [6.07, 6.45) is 6.33. The summed E-state index contributed by atoms with van der Waals surface area (Å²) in [6.45, 7) is 4.31. The summed E-state index contributed by atoms with van der Waals surface area (Å²) in [5, 5.41) is 7.43. The first-order valence-electron chi connectivity index (χ1n) is 6.85. The van der Waals surface area contributed by atoms with Crippen LogP contribution in [0.2, 0.25) is 0 Å². The number of nitrogens with two attached hydrogens (primary N) is 1. The Hall–Kier alpha value is -1.03. The number of rotatable bonds is 8. The van der Waals surface area contributed by atoms with E-state index in [2.05, 4.69) is 29.8 Å². The number of hydrogen-bond donors (Lipinski definition) is 2. The third kappa shape index (κ3) is 5.64. The zero-order valence-corrected chi connectivity index (χ0v) is 13.3. The summed E-state index contributed by atoms with van der Waals surface area (Å²) in [7, 11) is 0. The van der Waals surface area contributed by atoms with E-state index in [4.69, 9.17) is 15.9 Å². The smallest absolute Gasteiger partial charge is 0.123 e.